The van der Waals surface area contributed by atoms with E-state index in [9.17, 15) is 8.42 Å². The van der Waals surface area contributed by atoms with Crippen LogP contribution in [0.2, 0.25) is 0 Å². The van der Waals surface area contributed by atoms with Crippen LogP contribution in [0.5, 0.6) is 0 Å². The van der Waals surface area contributed by atoms with Gasteiger partial charge in [0.2, 0.25) is 10.0 Å². The van der Waals surface area contributed by atoms with Crippen LogP contribution >= 0.6 is 0 Å². The Labute approximate surface area is 133 Å². The first-order valence-electron chi connectivity index (χ1n) is 8.14. The monoisotopic (exact) mass is 326 g/mol. The van der Waals surface area contributed by atoms with Crippen LogP contribution in [0.3, 0.4) is 0 Å². The van der Waals surface area contributed by atoms with Crippen LogP contribution in [0.1, 0.15) is 43.1 Å². The molecule has 2 fully saturated rings. The first-order chi connectivity index (χ1) is 10.4. The van der Waals surface area contributed by atoms with Crippen LogP contribution in [0.25, 0.3) is 0 Å². The normalized spacial score (nSPS) is 26.4. The predicted octanol–water partition coefficient (Wildman–Crippen LogP) is 1.32. The van der Waals surface area contributed by atoms with Gasteiger partial charge in [0.1, 0.15) is 5.82 Å². The van der Waals surface area contributed by atoms with Crippen molar-refractivity contribution in [2.45, 2.75) is 44.6 Å². The minimum absolute atomic E-state index is 0.482. The molecule has 1 aromatic rings. The molecular formula is C15H26N4O2S. The lowest BCUT2D eigenvalue weighted by atomic mass is 9.94. The van der Waals surface area contributed by atoms with Gasteiger partial charge >= 0.3 is 0 Å². The number of sulfonamides is 1. The zero-order chi connectivity index (χ0) is 15.7. The van der Waals surface area contributed by atoms with Crippen molar-refractivity contribution < 1.29 is 8.42 Å². The van der Waals surface area contributed by atoms with Crippen molar-refractivity contribution in [2.24, 2.45) is 0 Å². The molecule has 0 aliphatic carbocycles. The smallest absolute Gasteiger partial charge is 0.211 e. The second-order valence-corrected chi connectivity index (χ2v) is 8.66. The third-order valence-corrected chi connectivity index (χ3v) is 6.27. The van der Waals surface area contributed by atoms with Crippen LogP contribution in [-0.2, 0) is 10.0 Å². The molecule has 3 heterocycles. The summed E-state index contributed by atoms with van der Waals surface area (Å²) in [6.45, 7) is 5.52. The van der Waals surface area contributed by atoms with E-state index >= 15 is 0 Å². The molecule has 2 aliphatic rings. The van der Waals surface area contributed by atoms with Crippen LogP contribution in [0.4, 0.5) is 0 Å². The predicted molar refractivity (Wildman–Crippen MR) is 86.3 cm³/mol. The fourth-order valence-corrected chi connectivity index (χ4v) is 4.61. The molecule has 22 heavy (non-hydrogen) atoms. The van der Waals surface area contributed by atoms with Crippen molar-refractivity contribution in [3.05, 3.63) is 17.7 Å². The highest BCUT2D eigenvalue weighted by molar-refractivity contribution is 7.88. The summed E-state index contributed by atoms with van der Waals surface area (Å²) in [6, 6.07) is 0.511. The number of nitrogens with zero attached hydrogens (tertiary/aromatic N) is 3. The standard InChI is InChI=1S/C15H26N4O2S/c1-12-10-16-15(17-12)13-4-3-7-18(11-13)14-5-8-19(9-6-14)22(2,20)21/h10,13-14H,3-9,11H2,1-2H3,(H,16,17)/t13-/m1/s1. The fourth-order valence-electron chi connectivity index (χ4n) is 3.74. The number of aromatic nitrogens is 2. The van der Waals surface area contributed by atoms with Gasteiger partial charge in [-0.05, 0) is 39.2 Å². The van der Waals surface area contributed by atoms with E-state index in [0.29, 0.717) is 25.0 Å². The first kappa shape index (κ1) is 16.0. The average molecular weight is 326 g/mol. The number of hydrogen-bond donors (Lipinski definition) is 1. The third kappa shape index (κ3) is 3.52. The van der Waals surface area contributed by atoms with E-state index in [1.807, 2.05) is 13.1 Å². The number of likely N-dealkylation sites (tertiary alicyclic amines) is 1. The summed E-state index contributed by atoms with van der Waals surface area (Å²) in [5, 5.41) is 0. The Hall–Kier alpha value is -0.920. The first-order valence-corrected chi connectivity index (χ1v) is 9.99. The Balaban J connectivity index is 1.59. The van der Waals surface area contributed by atoms with E-state index in [2.05, 4.69) is 14.9 Å². The molecule has 0 amide bonds. The molecule has 0 bridgehead atoms. The third-order valence-electron chi connectivity index (χ3n) is 4.97. The number of hydrogen-bond acceptors (Lipinski definition) is 4. The molecule has 0 aromatic carbocycles. The number of rotatable bonds is 3. The summed E-state index contributed by atoms with van der Waals surface area (Å²) < 4.78 is 24.8. The molecule has 7 heteroatoms. The largest absolute Gasteiger partial charge is 0.346 e. The summed E-state index contributed by atoms with van der Waals surface area (Å²) in [5.41, 5.74) is 1.12. The number of aromatic amines is 1. The van der Waals surface area contributed by atoms with Crippen molar-refractivity contribution in [2.75, 3.05) is 32.4 Å². The van der Waals surface area contributed by atoms with Crippen LogP contribution in [0, 0.1) is 6.92 Å². The van der Waals surface area contributed by atoms with E-state index in [-0.39, 0.29) is 0 Å². The maximum atomic E-state index is 11.6. The van der Waals surface area contributed by atoms with Crippen molar-refractivity contribution in [1.29, 1.82) is 0 Å². The second-order valence-electron chi connectivity index (χ2n) is 6.68. The minimum atomic E-state index is -3.03. The van der Waals surface area contributed by atoms with E-state index in [1.54, 1.807) is 4.31 Å². The Kier molecular flexibility index (Phi) is 4.56. The molecule has 0 spiro atoms. The van der Waals surface area contributed by atoms with E-state index in [1.165, 1.54) is 19.1 Å². The van der Waals surface area contributed by atoms with Gasteiger partial charge in [0.05, 0.1) is 6.26 Å². The summed E-state index contributed by atoms with van der Waals surface area (Å²) in [5.74, 6) is 1.59. The lowest BCUT2D eigenvalue weighted by molar-refractivity contribution is 0.106. The number of aryl methyl sites for hydroxylation is 1. The number of imidazole rings is 1. The molecule has 1 aromatic heterocycles. The van der Waals surface area contributed by atoms with Gasteiger partial charge in [-0.3, -0.25) is 4.90 Å². The van der Waals surface area contributed by atoms with Crippen LogP contribution in [-0.4, -0.2) is 66.1 Å². The average Bonchev–Trinajstić information content (AvgIpc) is 2.93. The van der Waals surface area contributed by atoms with Gasteiger partial charge < -0.3 is 4.98 Å². The topological polar surface area (TPSA) is 69.3 Å². The Morgan fingerprint density at radius 2 is 1.95 bits per heavy atom. The quantitative estimate of drug-likeness (QED) is 0.909. The van der Waals surface area contributed by atoms with Gasteiger partial charge in [0, 0.05) is 43.5 Å². The van der Waals surface area contributed by atoms with Crippen molar-refractivity contribution in [1.82, 2.24) is 19.2 Å². The second kappa shape index (κ2) is 6.29. The summed E-state index contributed by atoms with van der Waals surface area (Å²) in [6.07, 6.45) is 7.47. The van der Waals surface area contributed by atoms with Crippen LogP contribution in [0.15, 0.2) is 6.20 Å². The summed E-state index contributed by atoms with van der Waals surface area (Å²) in [7, 11) is -3.03. The molecule has 1 N–H and O–H groups in total. The highest BCUT2D eigenvalue weighted by Crippen LogP contribution is 2.29. The Bertz CT molecular complexity index is 605. The molecule has 3 rings (SSSR count). The lowest BCUT2D eigenvalue weighted by Crippen LogP contribution is -2.49. The Morgan fingerprint density at radius 1 is 1.23 bits per heavy atom. The maximum Gasteiger partial charge on any atom is 0.211 e. The molecular weight excluding hydrogens is 300 g/mol. The molecule has 2 saturated heterocycles. The van der Waals surface area contributed by atoms with E-state index in [0.717, 1.165) is 37.4 Å². The highest BCUT2D eigenvalue weighted by atomic mass is 32.2. The molecule has 0 radical (unpaired) electrons. The molecule has 6 nitrogen and oxygen atoms in total. The van der Waals surface area contributed by atoms with Crippen molar-refractivity contribution in [3.8, 4) is 0 Å². The zero-order valence-electron chi connectivity index (χ0n) is 13.5. The molecule has 0 saturated carbocycles. The van der Waals surface area contributed by atoms with E-state index < -0.39 is 10.0 Å². The molecule has 0 unspecified atom stereocenters. The highest BCUT2D eigenvalue weighted by Gasteiger charge is 2.32. The summed E-state index contributed by atoms with van der Waals surface area (Å²) in [4.78, 5) is 10.4. The van der Waals surface area contributed by atoms with Crippen molar-refractivity contribution >= 4 is 10.0 Å². The van der Waals surface area contributed by atoms with Gasteiger partial charge in [0.25, 0.3) is 0 Å². The van der Waals surface area contributed by atoms with Gasteiger partial charge in [-0.15, -0.1) is 0 Å². The van der Waals surface area contributed by atoms with E-state index in [4.69, 9.17) is 0 Å². The van der Waals surface area contributed by atoms with Gasteiger partial charge in [-0.1, -0.05) is 0 Å². The maximum absolute atomic E-state index is 11.6. The zero-order valence-corrected chi connectivity index (χ0v) is 14.3. The molecule has 2 aliphatic heterocycles. The molecule has 1 atom stereocenters. The Morgan fingerprint density at radius 3 is 2.55 bits per heavy atom. The number of H-pyrrole nitrogens is 1. The van der Waals surface area contributed by atoms with Crippen molar-refractivity contribution in [3.63, 3.8) is 0 Å². The lowest BCUT2D eigenvalue weighted by Gasteiger charge is -2.41. The SMILES string of the molecule is Cc1cnc([C@@H]2CCCN(C3CCN(S(C)(=O)=O)CC3)C2)[nH]1. The number of nitrogens with one attached hydrogen (secondary N) is 1. The van der Waals surface area contributed by atoms with Crippen LogP contribution < -0.4 is 0 Å². The fraction of sp³-hybridized carbons (Fsp3) is 0.800. The van der Waals surface area contributed by atoms with Gasteiger partial charge in [-0.2, -0.15) is 0 Å². The summed E-state index contributed by atoms with van der Waals surface area (Å²) >= 11 is 0. The minimum Gasteiger partial charge on any atom is -0.346 e. The van der Waals surface area contributed by atoms with Gasteiger partial charge in [0.15, 0.2) is 0 Å². The molecule has 124 valence electrons. The van der Waals surface area contributed by atoms with Gasteiger partial charge in [-0.25, -0.2) is 17.7 Å². The number of piperidine rings is 2.